The number of halogens is 1. The highest BCUT2D eigenvalue weighted by Crippen LogP contribution is 2.60. The van der Waals surface area contributed by atoms with E-state index in [2.05, 4.69) is 29.1 Å². The summed E-state index contributed by atoms with van der Waals surface area (Å²) in [6.07, 6.45) is 4.13. The summed E-state index contributed by atoms with van der Waals surface area (Å²) >= 11 is 3.63. The van der Waals surface area contributed by atoms with Crippen LogP contribution in [0, 0.1) is 11.8 Å². The lowest BCUT2D eigenvalue weighted by molar-refractivity contribution is -0.156. The number of carbonyl (C=O) groups excluding carboxylic acids is 3. The van der Waals surface area contributed by atoms with E-state index in [1.807, 2.05) is 20.8 Å². The van der Waals surface area contributed by atoms with Crippen molar-refractivity contribution in [3.05, 3.63) is 25.3 Å². The molecule has 1 N–H and O–H groups in total. The number of aliphatic hydroxyl groups is 1. The zero-order chi connectivity index (χ0) is 24.5. The average Bonchev–Trinajstić information content (AvgIpc) is 3.36. The largest absolute Gasteiger partial charge is 0.465 e. The van der Waals surface area contributed by atoms with Crippen LogP contribution in [0.15, 0.2) is 25.3 Å². The molecule has 0 aliphatic carbocycles. The van der Waals surface area contributed by atoms with Crippen LogP contribution in [0.3, 0.4) is 0 Å². The standard InChI is InChI=1S/C24H35BrN2O6/c1-6-9-11-32-23(31)17-18-21(29)27(15(8-3)13-28)20(22(30)26(10-7-2)14(4)5)24(18)12-16(25)19(17)33-24/h6-7,14-20,28H,1-2,8-13H2,3-5H3/t15-,16?,17-,18-,19-,20?,24?/m0/s1. The van der Waals surface area contributed by atoms with Gasteiger partial charge >= 0.3 is 5.97 Å². The van der Waals surface area contributed by atoms with Crippen molar-refractivity contribution in [2.45, 2.75) is 74.7 Å². The summed E-state index contributed by atoms with van der Waals surface area (Å²) in [5.74, 6) is -2.73. The molecule has 33 heavy (non-hydrogen) atoms. The molecule has 2 bridgehead atoms. The summed E-state index contributed by atoms with van der Waals surface area (Å²) in [6, 6.07) is -1.63. The van der Waals surface area contributed by atoms with Gasteiger partial charge in [-0.25, -0.2) is 0 Å². The quantitative estimate of drug-likeness (QED) is 0.191. The molecule has 0 radical (unpaired) electrons. The third-order valence-electron chi connectivity index (χ3n) is 7.11. The molecule has 1 spiro atoms. The third-order valence-corrected chi connectivity index (χ3v) is 7.95. The van der Waals surface area contributed by atoms with Gasteiger partial charge < -0.3 is 24.4 Å². The van der Waals surface area contributed by atoms with E-state index in [9.17, 15) is 19.5 Å². The second-order valence-electron chi connectivity index (χ2n) is 9.27. The van der Waals surface area contributed by atoms with E-state index in [-0.39, 0.29) is 35.9 Å². The fraction of sp³-hybridized carbons (Fsp3) is 0.708. The number of nitrogens with zero attached hydrogens (tertiary/aromatic N) is 2. The molecule has 0 aromatic rings. The number of carbonyl (C=O) groups is 3. The van der Waals surface area contributed by atoms with Crippen molar-refractivity contribution in [1.29, 1.82) is 0 Å². The van der Waals surface area contributed by atoms with Gasteiger partial charge in [-0.15, -0.1) is 13.2 Å². The highest BCUT2D eigenvalue weighted by atomic mass is 79.9. The summed E-state index contributed by atoms with van der Waals surface area (Å²) in [5, 5.41) is 10.1. The van der Waals surface area contributed by atoms with E-state index in [4.69, 9.17) is 9.47 Å². The van der Waals surface area contributed by atoms with Gasteiger partial charge in [0.05, 0.1) is 37.2 Å². The first-order valence-electron chi connectivity index (χ1n) is 11.6. The highest BCUT2D eigenvalue weighted by molar-refractivity contribution is 9.09. The van der Waals surface area contributed by atoms with Crippen molar-refractivity contribution < 1.29 is 29.0 Å². The Morgan fingerprint density at radius 2 is 2.09 bits per heavy atom. The molecule has 3 heterocycles. The Kier molecular flexibility index (Phi) is 8.07. The van der Waals surface area contributed by atoms with Crippen molar-refractivity contribution in [2.24, 2.45) is 11.8 Å². The fourth-order valence-corrected chi connectivity index (χ4v) is 6.56. The summed E-state index contributed by atoms with van der Waals surface area (Å²) in [5.41, 5.74) is -1.16. The average molecular weight is 527 g/mol. The van der Waals surface area contributed by atoms with Crippen LogP contribution >= 0.6 is 15.9 Å². The fourth-order valence-electron chi connectivity index (χ4n) is 5.61. The number of rotatable bonds is 11. The van der Waals surface area contributed by atoms with E-state index in [1.165, 1.54) is 4.90 Å². The van der Waals surface area contributed by atoms with Crippen LogP contribution in [-0.2, 0) is 23.9 Å². The SMILES string of the molecule is C=CCCOC(=O)[C@H]1[C@H]2C(=O)N([C@@H](CC)CO)C(C(=O)N(CC=C)C(C)C)C23CC(Br)[C@@H]1O3. The van der Waals surface area contributed by atoms with E-state index >= 15 is 0 Å². The van der Waals surface area contributed by atoms with Gasteiger partial charge in [-0.3, -0.25) is 14.4 Å². The zero-order valence-corrected chi connectivity index (χ0v) is 21.2. The predicted octanol–water partition coefficient (Wildman–Crippen LogP) is 2.05. The molecule has 8 nitrogen and oxygen atoms in total. The number of ether oxygens (including phenoxy) is 2. The zero-order valence-electron chi connectivity index (χ0n) is 19.6. The van der Waals surface area contributed by atoms with Gasteiger partial charge in [0.25, 0.3) is 0 Å². The molecule has 3 unspecified atom stereocenters. The van der Waals surface area contributed by atoms with Crippen LogP contribution in [0.25, 0.3) is 0 Å². The second kappa shape index (κ2) is 10.3. The monoisotopic (exact) mass is 526 g/mol. The third kappa shape index (κ3) is 4.17. The van der Waals surface area contributed by atoms with Crippen molar-refractivity contribution in [2.75, 3.05) is 19.8 Å². The predicted molar refractivity (Wildman–Crippen MR) is 127 cm³/mol. The Morgan fingerprint density at radius 1 is 1.39 bits per heavy atom. The first kappa shape index (κ1) is 25.9. The number of likely N-dealkylation sites (tertiary alicyclic amines) is 1. The minimum Gasteiger partial charge on any atom is -0.465 e. The second-order valence-corrected chi connectivity index (χ2v) is 10.4. The molecule has 0 aromatic heterocycles. The molecule has 0 saturated carbocycles. The maximum Gasteiger partial charge on any atom is 0.312 e. The maximum absolute atomic E-state index is 14.0. The van der Waals surface area contributed by atoms with Crippen LogP contribution in [0.5, 0.6) is 0 Å². The van der Waals surface area contributed by atoms with E-state index in [1.54, 1.807) is 17.1 Å². The minimum absolute atomic E-state index is 0.129. The number of aliphatic hydroxyl groups excluding tert-OH is 1. The number of esters is 1. The van der Waals surface area contributed by atoms with Crippen LogP contribution in [0.4, 0.5) is 0 Å². The van der Waals surface area contributed by atoms with Gasteiger partial charge in [-0.05, 0) is 33.1 Å². The summed E-state index contributed by atoms with van der Waals surface area (Å²) < 4.78 is 11.9. The molecular formula is C24H35BrN2O6. The molecule has 2 amide bonds. The van der Waals surface area contributed by atoms with Crippen LogP contribution in [0.1, 0.15) is 40.0 Å². The van der Waals surface area contributed by atoms with Crippen molar-refractivity contribution >= 4 is 33.7 Å². The van der Waals surface area contributed by atoms with Crippen LogP contribution in [-0.4, -0.2) is 87.1 Å². The number of hydrogen-bond acceptors (Lipinski definition) is 6. The van der Waals surface area contributed by atoms with Gasteiger partial charge in [-0.1, -0.05) is 35.0 Å². The highest BCUT2D eigenvalue weighted by Gasteiger charge is 2.77. The normalized spacial score (nSPS) is 33.2. The Balaban J connectivity index is 2.07. The van der Waals surface area contributed by atoms with Gasteiger partial charge in [0.1, 0.15) is 11.6 Å². The number of fused-ring (bicyclic) bond motifs is 1. The smallest absolute Gasteiger partial charge is 0.312 e. The number of amides is 2. The van der Waals surface area contributed by atoms with E-state index < -0.39 is 41.6 Å². The summed E-state index contributed by atoms with van der Waals surface area (Å²) in [6.45, 7) is 13.3. The lowest BCUT2D eigenvalue weighted by Gasteiger charge is -2.40. The van der Waals surface area contributed by atoms with E-state index in [0.29, 0.717) is 25.8 Å². The van der Waals surface area contributed by atoms with Gasteiger partial charge in [0, 0.05) is 17.4 Å². The lowest BCUT2D eigenvalue weighted by atomic mass is 9.70. The Morgan fingerprint density at radius 3 is 2.64 bits per heavy atom. The molecule has 3 rings (SSSR count). The van der Waals surface area contributed by atoms with Crippen LogP contribution in [0.2, 0.25) is 0 Å². The Bertz CT molecular complexity index is 800. The summed E-state index contributed by atoms with van der Waals surface area (Å²) in [7, 11) is 0. The molecule has 3 aliphatic heterocycles. The maximum atomic E-state index is 14.0. The first-order valence-corrected chi connectivity index (χ1v) is 12.5. The van der Waals surface area contributed by atoms with E-state index in [0.717, 1.165) is 0 Å². The molecular weight excluding hydrogens is 492 g/mol. The van der Waals surface area contributed by atoms with Crippen molar-refractivity contribution in [3.8, 4) is 0 Å². The molecule has 0 aromatic carbocycles. The van der Waals surface area contributed by atoms with Crippen molar-refractivity contribution in [3.63, 3.8) is 0 Å². The Labute approximate surface area is 204 Å². The number of alkyl halides is 1. The molecule has 3 aliphatic rings. The molecule has 184 valence electrons. The molecule has 7 atom stereocenters. The van der Waals surface area contributed by atoms with Gasteiger partial charge in [0.2, 0.25) is 11.8 Å². The minimum atomic E-state index is -1.16. The number of hydrogen-bond donors (Lipinski definition) is 1. The van der Waals surface area contributed by atoms with Gasteiger partial charge in [-0.2, -0.15) is 0 Å². The van der Waals surface area contributed by atoms with Crippen LogP contribution < -0.4 is 0 Å². The Hall–Kier alpha value is -1.71. The molecule has 9 heteroatoms. The molecule has 3 fully saturated rings. The molecule has 3 saturated heterocycles. The lowest BCUT2D eigenvalue weighted by Crippen LogP contribution is -2.59. The topological polar surface area (TPSA) is 96.4 Å². The first-order chi connectivity index (χ1) is 15.7. The van der Waals surface area contributed by atoms with Gasteiger partial charge in [0.15, 0.2) is 0 Å². The summed E-state index contributed by atoms with van der Waals surface area (Å²) in [4.78, 5) is 43.9. The van der Waals surface area contributed by atoms with Crippen molar-refractivity contribution in [1.82, 2.24) is 9.80 Å².